The molecular formula is C18H17F2N3O6. The number of benzene rings is 2. The Morgan fingerprint density at radius 2 is 1.93 bits per heavy atom. The Kier molecular flexibility index (Phi) is 7.83. The van der Waals surface area contributed by atoms with E-state index in [0.29, 0.717) is 0 Å². The van der Waals surface area contributed by atoms with E-state index in [4.69, 9.17) is 9.47 Å². The number of alkyl halides is 2. The summed E-state index contributed by atoms with van der Waals surface area (Å²) in [5, 5.41) is 14.6. The Hall–Kier alpha value is -3.76. The first-order valence-electron chi connectivity index (χ1n) is 8.31. The van der Waals surface area contributed by atoms with Crippen molar-refractivity contribution in [1.82, 2.24) is 5.43 Å². The first-order chi connectivity index (χ1) is 13.9. The van der Waals surface area contributed by atoms with Crippen LogP contribution in [0.5, 0.6) is 17.2 Å². The van der Waals surface area contributed by atoms with E-state index in [9.17, 15) is 23.7 Å². The highest BCUT2D eigenvalue weighted by Gasteiger charge is 2.16. The summed E-state index contributed by atoms with van der Waals surface area (Å²) in [6, 6.07) is 10.0. The van der Waals surface area contributed by atoms with Crippen LogP contribution in [0.15, 0.2) is 47.6 Å². The fourth-order valence-corrected chi connectivity index (χ4v) is 2.20. The summed E-state index contributed by atoms with van der Waals surface area (Å²) < 4.78 is 40.2. The molecule has 11 heteroatoms. The molecule has 2 aromatic rings. The molecule has 1 N–H and O–H groups in total. The third-order valence-corrected chi connectivity index (χ3v) is 3.33. The molecular weight excluding hydrogens is 392 g/mol. The first kappa shape index (κ1) is 21.5. The second-order valence-corrected chi connectivity index (χ2v) is 5.29. The number of nitro benzene ring substituents is 1. The van der Waals surface area contributed by atoms with E-state index in [1.807, 2.05) is 0 Å². The van der Waals surface area contributed by atoms with Crippen molar-refractivity contribution in [1.29, 1.82) is 0 Å². The molecule has 1 amide bonds. The summed E-state index contributed by atoms with van der Waals surface area (Å²) >= 11 is 0. The summed E-state index contributed by atoms with van der Waals surface area (Å²) in [6.07, 6.45) is 1.10. The standard InChI is InChI=1S/C18H17F2N3O6/c1-2-27-15-9-5-6-12(17(15)29-18(19)20)10-21-22-16(24)11-28-14-8-4-3-7-13(14)23(25)26/h3-10,18H,2,11H2,1H3,(H,22,24)/b21-10-. The number of hydrazone groups is 1. The molecule has 154 valence electrons. The average Bonchev–Trinajstić information content (AvgIpc) is 2.68. The van der Waals surface area contributed by atoms with Gasteiger partial charge in [-0.25, -0.2) is 5.43 Å². The second kappa shape index (κ2) is 10.5. The fourth-order valence-electron chi connectivity index (χ4n) is 2.20. The first-order valence-corrected chi connectivity index (χ1v) is 8.31. The number of hydrogen-bond acceptors (Lipinski definition) is 7. The second-order valence-electron chi connectivity index (χ2n) is 5.29. The van der Waals surface area contributed by atoms with Crippen molar-refractivity contribution in [3.63, 3.8) is 0 Å². The van der Waals surface area contributed by atoms with Crippen molar-refractivity contribution in [3.05, 3.63) is 58.1 Å². The minimum atomic E-state index is -3.08. The van der Waals surface area contributed by atoms with Gasteiger partial charge in [0.05, 0.1) is 17.7 Å². The highest BCUT2D eigenvalue weighted by Crippen LogP contribution is 2.31. The van der Waals surface area contributed by atoms with Crippen LogP contribution in [0.4, 0.5) is 14.5 Å². The van der Waals surface area contributed by atoms with Crippen molar-refractivity contribution in [3.8, 4) is 17.2 Å². The van der Waals surface area contributed by atoms with Gasteiger partial charge in [0.15, 0.2) is 23.9 Å². The van der Waals surface area contributed by atoms with Crippen molar-refractivity contribution < 1.29 is 32.7 Å². The zero-order valence-electron chi connectivity index (χ0n) is 15.2. The van der Waals surface area contributed by atoms with Crippen LogP contribution in [0, 0.1) is 10.1 Å². The van der Waals surface area contributed by atoms with Gasteiger partial charge in [-0.1, -0.05) is 18.2 Å². The Labute approximate surface area is 164 Å². The van der Waals surface area contributed by atoms with Crippen molar-refractivity contribution >= 4 is 17.8 Å². The van der Waals surface area contributed by atoms with Crippen molar-refractivity contribution in [2.24, 2.45) is 5.10 Å². The lowest BCUT2D eigenvalue weighted by Crippen LogP contribution is -2.24. The lowest BCUT2D eigenvalue weighted by Gasteiger charge is -2.13. The molecule has 0 radical (unpaired) electrons. The Morgan fingerprint density at radius 1 is 1.21 bits per heavy atom. The SMILES string of the molecule is CCOc1cccc(/C=N\NC(=O)COc2ccccc2[N+](=O)[O-])c1OC(F)F. The van der Waals surface area contributed by atoms with Crippen LogP contribution in [0.3, 0.4) is 0 Å². The smallest absolute Gasteiger partial charge is 0.387 e. The number of rotatable bonds is 10. The van der Waals surface area contributed by atoms with E-state index in [0.717, 1.165) is 6.21 Å². The zero-order valence-corrected chi connectivity index (χ0v) is 15.2. The van der Waals surface area contributed by atoms with E-state index in [1.165, 1.54) is 36.4 Å². The number of nitro groups is 1. The molecule has 0 saturated heterocycles. The number of ether oxygens (including phenoxy) is 3. The van der Waals surface area contributed by atoms with Gasteiger partial charge in [-0.2, -0.15) is 13.9 Å². The summed E-state index contributed by atoms with van der Waals surface area (Å²) in [6.45, 7) is -1.69. The van der Waals surface area contributed by atoms with Gasteiger partial charge >= 0.3 is 12.3 Å². The van der Waals surface area contributed by atoms with Crippen LogP contribution < -0.4 is 19.6 Å². The number of halogens is 2. The third-order valence-electron chi connectivity index (χ3n) is 3.33. The molecule has 0 bridgehead atoms. The van der Waals surface area contributed by atoms with E-state index in [-0.39, 0.29) is 35.1 Å². The van der Waals surface area contributed by atoms with Gasteiger partial charge in [0.2, 0.25) is 0 Å². The van der Waals surface area contributed by atoms with Crippen LogP contribution in [0.2, 0.25) is 0 Å². The van der Waals surface area contributed by atoms with Gasteiger partial charge in [-0.15, -0.1) is 0 Å². The molecule has 9 nitrogen and oxygen atoms in total. The summed E-state index contributed by atoms with van der Waals surface area (Å²) in [7, 11) is 0. The molecule has 0 spiro atoms. The van der Waals surface area contributed by atoms with Crippen LogP contribution in [0.25, 0.3) is 0 Å². The predicted molar refractivity (Wildman–Crippen MR) is 98.6 cm³/mol. The summed E-state index contributed by atoms with van der Waals surface area (Å²) in [4.78, 5) is 22.1. The zero-order chi connectivity index (χ0) is 21.2. The number of amides is 1. The van der Waals surface area contributed by atoms with E-state index < -0.39 is 24.0 Å². The quantitative estimate of drug-likeness (QED) is 0.367. The maximum absolute atomic E-state index is 12.7. The normalized spacial score (nSPS) is 10.8. The van der Waals surface area contributed by atoms with Crippen LogP contribution >= 0.6 is 0 Å². The maximum Gasteiger partial charge on any atom is 0.387 e. The Bertz CT molecular complexity index is 892. The van der Waals surface area contributed by atoms with Gasteiger partial charge < -0.3 is 14.2 Å². The molecule has 2 aromatic carbocycles. The van der Waals surface area contributed by atoms with Gasteiger partial charge in [-0.05, 0) is 25.1 Å². The molecule has 0 aromatic heterocycles. The number of nitrogens with zero attached hydrogens (tertiary/aromatic N) is 2. The van der Waals surface area contributed by atoms with Gasteiger partial charge in [-0.3, -0.25) is 14.9 Å². The molecule has 0 fully saturated rings. The summed E-state index contributed by atoms with van der Waals surface area (Å²) in [5.74, 6) is -0.910. The molecule has 0 unspecified atom stereocenters. The molecule has 0 saturated carbocycles. The highest BCUT2D eigenvalue weighted by atomic mass is 19.3. The molecule has 0 atom stereocenters. The van der Waals surface area contributed by atoms with Crippen LogP contribution in [0.1, 0.15) is 12.5 Å². The molecule has 0 aliphatic rings. The molecule has 29 heavy (non-hydrogen) atoms. The van der Waals surface area contributed by atoms with Crippen molar-refractivity contribution in [2.45, 2.75) is 13.5 Å². The van der Waals surface area contributed by atoms with E-state index in [1.54, 1.807) is 13.0 Å². The van der Waals surface area contributed by atoms with Gasteiger partial charge in [0, 0.05) is 11.6 Å². The number of nitrogens with one attached hydrogen (secondary N) is 1. The van der Waals surface area contributed by atoms with Crippen molar-refractivity contribution in [2.75, 3.05) is 13.2 Å². The third kappa shape index (κ3) is 6.41. The largest absolute Gasteiger partial charge is 0.490 e. The number of carbonyl (C=O) groups is 1. The van der Waals surface area contributed by atoms with E-state index >= 15 is 0 Å². The lowest BCUT2D eigenvalue weighted by molar-refractivity contribution is -0.385. The molecule has 0 heterocycles. The molecule has 0 aliphatic heterocycles. The van der Waals surface area contributed by atoms with Crippen LogP contribution in [-0.4, -0.2) is 36.9 Å². The minimum absolute atomic E-state index is 0.0753. The summed E-state index contributed by atoms with van der Waals surface area (Å²) in [5.41, 5.74) is 2.00. The number of hydrogen-bond donors (Lipinski definition) is 1. The maximum atomic E-state index is 12.7. The lowest BCUT2D eigenvalue weighted by atomic mass is 10.2. The highest BCUT2D eigenvalue weighted by molar-refractivity contribution is 5.86. The van der Waals surface area contributed by atoms with Gasteiger partial charge in [0.25, 0.3) is 5.91 Å². The fraction of sp³-hybridized carbons (Fsp3) is 0.222. The average molecular weight is 409 g/mol. The number of para-hydroxylation sites is 3. The van der Waals surface area contributed by atoms with E-state index in [2.05, 4.69) is 15.3 Å². The number of carbonyl (C=O) groups excluding carboxylic acids is 1. The monoisotopic (exact) mass is 409 g/mol. The minimum Gasteiger partial charge on any atom is -0.490 e. The Morgan fingerprint density at radius 3 is 2.62 bits per heavy atom. The van der Waals surface area contributed by atoms with Crippen LogP contribution in [-0.2, 0) is 4.79 Å². The topological polar surface area (TPSA) is 112 Å². The molecule has 0 aliphatic carbocycles. The molecule has 2 rings (SSSR count). The van der Waals surface area contributed by atoms with Gasteiger partial charge in [0.1, 0.15) is 0 Å². The predicted octanol–water partition coefficient (Wildman–Crippen LogP) is 3.12. The Balaban J connectivity index is 2.01.